The monoisotopic (exact) mass is 614 g/mol. The molecule has 2 heterocycles. The first-order chi connectivity index (χ1) is 23.7. The number of hydrogen-bond acceptors (Lipinski definition) is 0. The fourth-order valence-corrected chi connectivity index (χ4v) is 7.32. The third-order valence-electron chi connectivity index (χ3n) is 9.90. The lowest BCUT2D eigenvalue weighted by molar-refractivity contribution is 1.17. The summed E-state index contributed by atoms with van der Waals surface area (Å²) in [5, 5.41) is 4.99. The van der Waals surface area contributed by atoms with Crippen LogP contribution in [0.25, 0.3) is 82.8 Å². The van der Waals surface area contributed by atoms with Crippen LogP contribution in [0.5, 0.6) is 0 Å². The standard InChI is InChI=1S/C46H34N2/c1-3-31(2)35-21-25-39-41-30-46-42(29-45(41)47(43(39)27-35)37-17-11-6-12-18-37)40-26-22-36(33-15-9-5-10-16-33)28-44(40)48(46)38-23-19-34(20-24-38)32-13-7-4-8-14-32/h3-30H,1-2H3/b31-3+. The Morgan fingerprint density at radius 3 is 1.42 bits per heavy atom. The van der Waals surface area contributed by atoms with Crippen molar-refractivity contribution in [2.45, 2.75) is 13.8 Å². The molecule has 0 unspecified atom stereocenters. The van der Waals surface area contributed by atoms with E-state index in [0.717, 1.165) is 5.69 Å². The van der Waals surface area contributed by atoms with Crippen molar-refractivity contribution >= 4 is 49.2 Å². The second-order valence-electron chi connectivity index (χ2n) is 12.6. The predicted octanol–water partition coefficient (Wildman–Crippen LogP) is 12.6. The highest BCUT2D eigenvalue weighted by atomic mass is 15.0. The molecule has 0 saturated carbocycles. The summed E-state index contributed by atoms with van der Waals surface area (Å²) in [5.74, 6) is 0. The van der Waals surface area contributed by atoms with Crippen LogP contribution in [0.1, 0.15) is 19.4 Å². The summed E-state index contributed by atoms with van der Waals surface area (Å²) in [6.45, 7) is 4.30. The fraction of sp³-hybridized carbons (Fsp3) is 0.0435. The van der Waals surface area contributed by atoms with E-state index in [1.165, 1.54) is 82.7 Å². The van der Waals surface area contributed by atoms with E-state index < -0.39 is 0 Å². The second-order valence-corrected chi connectivity index (χ2v) is 12.6. The van der Waals surface area contributed by atoms with Gasteiger partial charge in [-0.15, -0.1) is 0 Å². The maximum Gasteiger partial charge on any atom is 0.0548 e. The Morgan fingerprint density at radius 2 is 0.833 bits per heavy atom. The first-order valence-electron chi connectivity index (χ1n) is 16.6. The number of allylic oxidation sites excluding steroid dienone is 2. The van der Waals surface area contributed by atoms with E-state index in [0.29, 0.717) is 0 Å². The van der Waals surface area contributed by atoms with Crippen LogP contribution < -0.4 is 0 Å². The van der Waals surface area contributed by atoms with E-state index in [1.54, 1.807) is 0 Å². The molecule has 0 saturated heterocycles. The Morgan fingerprint density at radius 1 is 0.396 bits per heavy atom. The average Bonchev–Trinajstić information content (AvgIpc) is 3.65. The zero-order chi connectivity index (χ0) is 32.2. The van der Waals surface area contributed by atoms with Gasteiger partial charge < -0.3 is 9.13 Å². The van der Waals surface area contributed by atoms with Gasteiger partial charge >= 0.3 is 0 Å². The zero-order valence-electron chi connectivity index (χ0n) is 27.1. The fourth-order valence-electron chi connectivity index (χ4n) is 7.32. The lowest BCUT2D eigenvalue weighted by atomic mass is 10.0. The van der Waals surface area contributed by atoms with E-state index in [-0.39, 0.29) is 0 Å². The molecular formula is C46H34N2. The van der Waals surface area contributed by atoms with Crippen molar-refractivity contribution in [3.63, 3.8) is 0 Å². The number of benzene rings is 7. The van der Waals surface area contributed by atoms with Crippen molar-refractivity contribution in [1.82, 2.24) is 9.13 Å². The summed E-state index contributed by atoms with van der Waals surface area (Å²) in [4.78, 5) is 0. The van der Waals surface area contributed by atoms with Crippen LogP contribution in [0.4, 0.5) is 0 Å². The highest BCUT2D eigenvalue weighted by Gasteiger charge is 2.19. The molecule has 2 heteroatoms. The molecule has 0 aliphatic rings. The van der Waals surface area contributed by atoms with Gasteiger partial charge in [0, 0.05) is 32.9 Å². The molecule has 228 valence electrons. The molecule has 0 fully saturated rings. The highest BCUT2D eigenvalue weighted by molar-refractivity contribution is 6.19. The molecule has 2 aromatic heterocycles. The molecule has 0 radical (unpaired) electrons. The maximum atomic E-state index is 2.45. The SMILES string of the molecule is C/C=C(\C)c1ccc2c3cc4c(cc3n(-c3ccccc3)c2c1)c1ccc(-c2ccccc2)cc1n4-c1ccc(-c2ccccc2)cc1. The van der Waals surface area contributed by atoms with Crippen molar-refractivity contribution in [1.29, 1.82) is 0 Å². The topological polar surface area (TPSA) is 9.86 Å². The second kappa shape index (κ2) is 11.3. The molecule has 0 N–H and O–H groups in total. The number of aromatic nitrogens is 2. The van der Waals surface area contributed by atoms with Crippen LogP contribution in [0.3, 0.4) is 0 Å². The van der Waals surface area contributed by atoms with Gasteiger partial charge in [-0.25, -0.2) is 0 Å². The normalized spacial score (nSPS) is 12.1. The molecular weight excluding hydrogens is 581 g/mol. The largest absolute Gasteiger partial charge is 0.309 e. The molecule has 0 amide bonds. The number of para-hydroxylation sites is 1. The Labute approximate surface area is 280 Å². The van der Waals surface area contributed by atoms with Crippen molar-refractivity contribution in [3.8, 4) is 33.6 Å². The van der Waals surface area contributed by atoms with Gasteiger partial charge in [0.15, 0.2) is 0 Å². The van der Waals surface area contributed by atoms with Gasteiger partial charge in [-0.05, 0) is 95.8 Å². The quantitative estimate of drug-likeness (QED) is 0.183. The van der Waals surface area contributed by atoms with Gasteiger partial charge in [0.2, 0.25) is 0 Å². The summed E-state index contributed by atoms with van der Waals surface area (Å²) in [6, 6.07) is 59.8. The van der Waals surface area contributed by atoms with E-state index in [2.05, 4.69) is 193 Å². The Bertz CT molecular complexity index is 2640. The minimum Gasteiger partial charge on any atom is -0.309 e. The maximum absolute atomic E-state index is 2.45. The van der Waals surface area contributed by atoms with Gasteiger partial charge in [0.05, 0.1) is 22.1 Å². The van der Waals surface area contributed by atoms with Gasteiger partial charge in [0.25, 0.3) is 0 Å². The molecule has 0 aliphatic carbocycles. The first-order valence-corrected chi connectivity index (χ1v) is 16.6. The van der Waals surface area contributed by atoms with Crippen molar-refractivity contribution in [3.05, 3.63) is 175 Å². The zero-order valence-corrected chi connectivity index (χ0v) is 27.1. The van der Waals surface area contributed by atoms with Crippen LogP contribution in [0, 0.1) is 0 Å². The molecule has 7 aromatic carbocycles. The summed E-state index contributed by atoms with van der Waals surface area (Å²) in [7, 11) is 0. The number of rotatable bonds is 5. The van der Waals surface area contributed by atoms with Crippen LogP contribution in [0.2, 0.25) is 0 Å². The predicted molar refractivity (Wildman–Crippen MR) is 205 cm³/mol. The van der Waals surface area contributed by atoms with Crippen molar-refractivity contribution < 1.29 is 0 Å². The van der Waals surface area contributed by atoms with Crippen LogP contribution in [0.15, 0.2) is 170 Å². The Balaban J connectivity index is 1.37. The molecule has 9 rings (SSSR count). The molecule has 2 nitrogen and oxygen atoms in total. The number of nitrogens with zero attached hydrogens (tertiary/aromatic N) is 2. The summed E-state index contributed by atoms with van der Waals surface area (Å²) in [6.07, 6.45) is 2.19. The van der Waals surface area contributed by atoms with Crippen LogP contribution >= 0.6 is 0 Å². The van der Waals surface area contributed by atoms with Gasteiger partial charge in [0.1, 0.15) is 0 Å². The minimum absolute atomic E-state index is 1.15. The third kappa shape index (κ3) is 4.49. The van der Waals surface area contributed by atoms with Gasteiger partial charge in [-0.1, -0.05) is 121 Å². The molecule has 0 spiro atoms. The van der Waals surface area contributed by atoms with Gasteiger partial charge in [-0.2, -0.15) is 0 Å². The highest BCUT2D eigenvalue weighted by Crippen LogP contribution is 2.41. The van der Waals surface area contributed by atoms with Crippen LogP contribution in [-0.2, 0) is 0 Å². The number of fused-ring (bicyclic) bond motifs is 6. The van der Waals surface area contributed by atoms with Crippen LogP contribution in [-0.4, -0.2) is 9.13 Å². The van der Waals surface area contributed by atoms with E-state index >= 15 is 0 Å². The molecule has 0 aliphatic heterocycles. The average molecular weight is 615 g/mol. The minimum atomic E-state index is 1.15. The van der Waals surface area contributed by atoms with Crippen molar-refractivity contribution in [2.75, 3.05) is 0 Å². The van der Waals surface area contributed by atoms with Gasteiger partial charge in [-0.3, -0.25) is 0 Å². The first kappa shape index (κ1) is 28.1. The number of hydrogen-bond donors (Lipinski definition) is 0. The molecule has 48 heavy (non-hydrogen) atoms. The van der Waals surface area contributed by atoms with E-state index in [1.807, 2.05) is 0 Å². The molecule has 0 bridgehead atoms. The Hall–Kier alpha value is -6.12. The molecule has 9 aromatic rings. The van der Waals surface area contributed by atoms with E-state index in [9.17, 15) is 0 Å². The summed E-state index contributed by atoms with van der Waals surface area (Å²) in [5.41, 5.74) is 14.5. The summed E-state index contributed by atoms with van der Waals surface area (Å²) < 4.78 is 4.89. The summed E-state index contributed by atoms with van der Waals surface area (Å²) >= 11 is 0. The van der Waals surface area contributed by atoms with E-state index in [4.69, 9.17) is 0 Å². The third-order valence-corrected chi connectivity index (χ3v) is 9.90. The Kier molecular flexibility index (Phi) is 6.62. The lowest BCUT2D eigenvalue weighted by Crippen LogP contribution is -1.95. The van der Waals surface area contributed by atoms with Crippen molar-refractivity contribution in [2.24, 2.45) is 0 Å². The lowest BCUT2D eigenvalue weighted by Gasteiger charge is -2.11. The smallest absolute Gasteiger partial charge is 0.0548 e. The molecule has 0 atom stereocenters.